The summed E-state index contributed by atoms with van der Waals surface area (Å²) in [6, 6.07) is 13.5. The summed E-state index contributed by atoms with van der Waals surface area (Å²) in [5.41, 5.74) is 3.69. The summed E-state index contributed by atoms with van der Waals surface area (Å²) in [7, 11) is 0. The monoisotopic (exact) mass is 397 g/mol. The molecule has 2 fully saturated rings. The summed E-state index contributed by atoms with van der Waals surface area (Å²) < 4.78 is 6.01. The minimum absolute atomic E-state index is 0.606. The lowest BCUT2D eigenvalue weighted by Gasteiger charge is -2.19. The molecule has 0 amide bonds. The third-order valence-electron chi connectivity index (χ3n) is 6.24. The smallest absolute Gasteiger partial charge is 0.225 e. The maximum absolute atomic E-state index is 8.90. The van der Waals surface area contributed by atoms with Gasteiger partial charge < -0.3 is 9.64 Å². The number of nitrogens with zero attached hydrogens (tertiary/aromatic N) is 5. The Kier molecular flexibility index (Phi) is 4.80. The molecule has 0 N–H and O–H groups in total. The highest BCUT2D eigenvalue weighted by Gasteiger charge is 2.56. The third kappa shape index (κ3) is 3.59. The predicted molar refractivity (Wildman–Crippen MR) is 114 cm³/mol. The molecule has 2 aliphatic rings. The van der Waals surface area contributed by atoms with E-state index in [1.54, 1.807) is 18.3 Å². The molecule has 0 spiro atoms. The molecule has 1 aliphatic heterocycles. The van der Waals surface area contributed by atoms with Gasteiger partial charge in [-0.3, -0.25) is 4.98 Å². The fraction of sp³-hybridized carbons (Fsp3) is 0.333. The molecular weight excluding hydrogens is 374 g/mol. The van der Waals surface area contributed by atoms with Crippen LogP contribution in [0.3, 0.4) is 0 Å². The van der Waals surface area contributed by atoms with Crippen molar-refractivity contribution in [1.82, 2.24) is 15.0 Å². The Morgan fingerprint density at radius 1 is 1.00 bits per heavy atom. The van der Waals surface area contributed by atoms with Gasteiger partial charge in [-0.1, -0.05) is 19.1 Å². The number of aryl methyl sites for hydroxylation is 1. The number of aromatic nitrogens is 3. The van der Waals surface area contributed by atoms with Gasteiger partial charge in [-0.2, -0.15) is 5.26 Å². The van der Waals surface area contributed by atoms with Crippen LogP contribution < -0.4 is 9.64 Å². The van der Waals surface area contributed by atoms with E-state index in [-0.39, 0.29) is 0 Å². The van der Waals surface area contributed by atoms with Crippen LogP contribution in [-0.4, -0.2) is 34.6 Å². The Hall–Kier alpha value is -3.46. The number of rotatable bonds is 6. The van der Waals surface area contributed by atoms with Crippen molar-refractivity contribution in [3.05, 3.63) is 66.1 Å². The number of pyridine rings is 1. The number of fused-ring (bicyclic) bond motifs is 1. The average Bonchev–Trinajstić information content (AvgIpc) is 3.26. The lowest BCUT2D eigenvalue weighted by atomic mass is 10.1. The van der Waals surface area contributed by atoms with Gasteiger partial charge in [0.15, 0.2) is 0 Å². The van der Waals surface area contributed by atoms with Gasteiger partial charge in [-0.05, 0) is 48.1 Å². The van der Waals surface area contributed by atoms with E-state index in [0.717, 1.165) is 49.1 Å². The highest BCUT2D eigenvalue weighted by molar-refractivity contribution is 5.60. The molecule has 1 unspecified atom stereocenters. The van der Waals surface area contributed by atoms with Crippen molar-refractivity contribution in [3.63, 3.8) is 0 Å². The van der Waals surface area contributed by atoms with Crippen molar-refractivity contribution < 1.29 is 4.74 Å². The number of hydrogen-bond donors (Lipinski definition) is 0. The van der Waals surface area contributed by atoms with E-state index in [2.05, 4.69) is 32.8 Å². The molecule has 150 valence electrons. The Balaban J connectivity index is 1.12. The summed E-state index contributed by atoms with van der Waals surface area (Å²) in [6.45, 7) is 4.88. The standard InChI is InChI=1S/C24H23N5O/c1-2-16-10-27-24(28-11-16)29-13-20-21(14-29)22(20)15-30-19-7-8-23(26-12-19)18-5-3-17(9-25)4-6-18/h3-8,10-12,20-22H,2,13-15H2,1H3/t20-,21?,22+/m1/s1. The molecule has 1 saturated heterocycles. The molecule has 1 aliphatic carbocycles. The molecule has 1 aromatic carbocycles. The minimum atomic E-state index is 0.606. The van der Waals surface area contributed by atoms with Crippen molar-refractivity contribution in [1.29, 1.82) is 5.26 Å². The van der Waals surface area contributed by atoms with Gasteiger partial charge in [0, 0.05) is 37.0 Å². The predicted octanol–water partition coefficient (Wildman–Crippen LogP) is 3.73. The van der Waals surface area contributed by atoms with Gasteiger partial charge in [0.1, 0.15) is 5.75 Å². The Bertz CT molecular complexity index is 1040. The van der Waals surface area contributed by atoms with Crippen LogP contribution in [0.25, 0.3) is 11.3 Å². The number of anilines is 1. The maximum Gasteiger partial charge on any atom is 0.225 e. The molecule has 3 heterocycles. The topological polar surface area (TPSA) is 74.9 Å². The van der Waals surface area contributed by atoms with Gasteiger partial charge in [0.25, 0.3) is 0 Å². The van der Waals surface area contributed by atoms with E-state index >= 15 is 0 Å². The van der Waals surface area contributed by atoms with Crippen LogP contribution in [0.15, 0.2) is 55.0 Å². The quantitative estimate of drug-likeness (QED) is 0.631. The first-order valence-electron chi connectivity index (χ1n) is 10.4. The van der Waals surface area contributed by atoms with E-state index in [9.17, 15) is 0 Å². The fourth-order valence-corrected chi connectivity index (χ4v) is 4.30. The lowest BCUT2D eigenvalue weighted by Crippen LogP contribution is -2.27. The zero-order chi connectivity index (χ0) is 20.5. The zero-order valence-corrected chi connectivity index (χ0v) is 16.9. The fourth-order valence-electron chi connectivity index (χ4n) is 4.30. The van der Waals surface area contributed by atoms with E-state index in [0.29, 0.717) is 23.3 Å². The first kappa shape index (κ1) is 18.6. The SMILES string of the molecule is CCc1cnc(N2CC3[C@@H](COc4ccc(-c5ccc(C#N)cc5)nc4)[C@@H]3C2)nc1. The summed E-state index contributed by atoms with van der Waals surface area (Å²) in [6.07, 6.45) is 6.61. The van der Waals surface area contributed by atoms with Gasteiger partial charge >= 0.3 is 0 Å². The first-order chi connectivity index (χ1) is 14.7. The average molecular weight is 397 g/mol. The van der Waals surface area contributed by atoms with E-state index in [1.807, 2.05) is 36.7 Å². The number of benzene rings is 1. The Labute approximate surface area is 176 Å². The lowest BCUT2D eigenvalue weighted by molar-refractivity contribution is 0.282. The molecule has 3 aromatic rings. The Morgan fingerprint density at radius 2 is 1.73 bits per heavy atom. The summed E-state index contributed by atoms with van der Waals surface area (Å²) in [4.78, 5) is 15.8. The highest BCUT2D eigenvalue weighted by atomic mass is 16.5. The van der Waals surface area contributed by atoms with E-state index in [1.165, 1.54) is 5.56 Å². The van der Waals surface area contributed by atoms with Gasteiger partial charge in [0.2, 0.25) is 5.95 Å². The molecule has 6 heteroatoms. The molecule has 0 bridgehead atoms. The first-order valence-corrected chi connectivity index (χ1v) is 10.4. The molecule has 5 rings (SSSR count). The maximum atomic E-state index is 8.90. The number of piperidine rings is 1. The zero-order valence-electron chi connectivity index (χ0n) is 16.9. The molecule has 0 radical (unpaired) electrons. The van der Waals surface area contributed by atoms with Gasteiger partial charge in [-0.25, -0.2) is 9.97 Å². The van der Waals surface area contributed by atoms with Crippen molar-refractivity contribution >= 4 is 5.95 Å². The van der Waals surface area contributed by atoms with Crippen LogP contribution in [0.2, 0.25) is 0 Å². The summed E-state index contributed by atoms with van der Waals surface area (Å²) in [5.74, 6) is 3.60. The Morgan fingerprint density at radius 3 is 2.33 bits per heavy atom. The van der Waals surface area contributed by atoms with Crippen molar-refractivity contribution in [3.8, 4) is 23.1 Å². The second kappa shape index (κ2) is 7.75. The van der Waals surface area contributed by atoms with Gasteiger partial charge in [0.05, 0.1) is 30.1 Å². The van der Waals surface area contributed by atoms with Crippen LogP contribution in [0.1, 0.15) is 18.1 Å². The van der Waals surface area contributed by atoms with Crippen LogP contribution in [0, 0.1) is 29.1 Å². The second-order valence-electron chi connectivity index (χ2n) is 8.02. The van der Waals surface area contributed by atoms with Crippen molar-refractivity contribution in [2.45, 2.75) is 13.3 Å². The largest absolute Gasteiger partial charge is 0.492 e. The van der Waals surface area contributed by atoms with Gasteiger partial charge in [-0.15, -0.1) is 0 Å². The summed E-state index contributed by atoms with van der Waals surface area (Å²) >= 11 is 0. The number of hydrogen-bond acceptors (Lipinski definition) is 6. The van der Waals surface area contributed by atoms with Crippen molar-refractivity contribution in [2.24, 2.45) is 17.8 Å². The van der Waals surface area contributed by atoms with Crippen molar-refractivity contribution in [2.75, 3.05) is 24.6 Å². The van der Waals surface area contributed by atoms with Crippen LogP contribution in [0.4, 0.5) is 5.95 Å². The number of ether oxygens (including phenoxy) is 1. The summed E-state index contributed by atoms with van der Waals surface area (Å²) in [5, 5.41) is 8.90. The molecule has 2 aromatic heterocycles. The molecule has 1 saturated carbocycles. The van der Waals surface area contributed by atoms with E-state index < -0.39 is 0 Å². The second-order valence-corrected chi connectivity index (χ2v) is 8.02. The van der Waals surface area contributed by atoms with E-state index in [4.69, 9.17) is 10.00 Å². The minimum Gasteiger partial charge on any atom is -0.492 e. The normalized spacial score (nSPS) is 21.7. The number of nitriles is 1. The molecule has 3 atom stereocenters. The van der Waals surface area contributed by atoms with Crippen LogP contribution >= 0.6 is 0 Å². The third-order valence-corrected chi connectivity index (χ3v) is 6.24. The van der Waals surface area contributed by atoms with Crippen LogP contribution in [0.5, 0.6) is 5.75 Å². The molecule has 6 nitrogen and oxygen atoms in total. The van der Waals surface area contributed by atoms with Crippen LogP contribution in [-0.2, 0) is 6.42 Å². The highest BCUT2D eigenvalue weighted by Crippen LogP contribution is 2.52. The molecule has 30 heavy (non-hydrogen) atoms. The molecular formula is C24H23N5O.